The van der Waals surface area contributed by atoms with Crippen molar-refractivity contribution in [1.82, 2.24) is 5.32 Å². The van der Waals surface area contributed by atoms with E-state index in [2.05, 4.69) is 12.2 Å². The third kappa shape index (κ3) is 3.70. The molecule has 19 heavy (non-hydrogen) atoms. The topological polar surface area (TPSA) is 49.4 Å². The van der Waals surface area contributed by atoms with E-state index in [4.69, 9.17) is 0 Å². The van der Waals surface area contributed by atoms with Crippen LogP contribution >= 0.6 is 0 Å². The summed E-state index contributed by atoms with van der Waals surface area (Å²) in [5.74, 6) is 0.269. The monoisotopic (exact) mass is 282 g/mol. The summed E-state index contributed by atoms with van der Waals surface area (Å²) >= 11 is 0. The number of nitrogens with zero attached hydrogens (tertiary/aromatic N) is 1. The second-order valence-corrected chi connectivity index (χ2v) is 6.95. The molecular formula is C14H22N2O2S. The lowest BCUT2D eigenvalue weighted by Gasteiger charge is -2.28. The molecule has 1 heterocycles. The van der Waals surface area contributed by atoms with Gasteiger partial charge in [-0.15, -0.1) is 0 Å². The van der Waals surface area contributed by atoms with Gasteiger partial charge in [-0.25, -0.2) is 8.42 Å². The Morgan fingerprint density at radius 3 is 2.89 bits per heavy atom. The zero-order chi connectivity index (χ0) is 13.7. The lowest BCUT2D eigenvalue weighted by atomic mass is 10.2. The molecule has 2 rings (SSSR count). The van der Waals surface area contributed by atoms with E-state index in [1.165, 1.54) is 0 Å². The molecule has 0 spiro atoms. The largest absolute Gasteiger partial charge is 0.313 e. The van der Waals surface area contributed by atoms with E-state index >= 15 is 0 Å². The van der Waals surface area contributed by atoms with Gasteiger partial charge in [0.1, 0.15) is 0 Å². The van der Waals surface area contributed by atoms with Gasteiger partial charge in [-0.1, -0.05) is 19.1 Å². The fourth-order valence-corrected chi connectivity index (χ4v) is 3.94. The first kappa shape index (κ1) is 14.3. The van der Waals surface area contributed by atoms with Gasteiger partial charge in [0.05, 0.1) is 11.4 Å². The van der Waals surface area contributed by atoms with Gasteiger partial charge in [-0.05, 0) is 43.5 Å². The Labute approximate surface area is 115 Å². The molecule has 0 bridgehead atoms. The van der Waals surface area contributed by atoms with E-state index in [1.54, 1.807) is 4.31 Å². The molecule has 0 radical (unpaired) electrons. The maximum absolute atomic E-state index is 12.1. The zero-order valence-corrected chi connectivity index (χ0v) is 12.2. The van der Waals surface area contributed by atoms with Crippen LogP contribution in [0.25, 0.3) is 0 Å². The Balaban J connectivity index is 2.13. The summed E-state index contributed by atoms with van der Waals surface area (Å²) in [5, 5.41) is 3.33. The van der Waals surface area contributed by atoms with Crippen LogP contribution in [-0.4, -0.2) is 27.3 Å². The van der Waals surface area contributed by atoms with Crippen molar-refractivity contribution in [1.29, 1.82) is 0 Å². The van der Waals surface area contributed by atoms with E-state index in [0.717, 1.165) is 43.6 Å². The molecule has 106 valence electrons. The number of rotatable bonds is 5. The Bertz CT molecular complexity index is 514. The molecule has 0 aromatic heterocycles. The van der Waals surface area contributed by atoms with Gasteiger partial charge in [-0.3, -0.25) is 4.31 Å². The van der Waals surface area contributed by atoms with Gasteiger partial charge in [-0.2, -0.15) is 0 Å². The van der Waals surface area contributed by atoms with Gasteiger partial charge < -0.3 is 5.32 Å². The summed E-state index contributed by atoms with van der Waals surface area (Å²) in [7, 11) is -3.11. The summed E-state index contributed by atoms with van der Waals surface area (Å²) in [6, 6.07) is 7.82. The van der Waals surface area contributed by atoms with Crippen LogP contribution in [-0.2, 0) is 16.6 Å². The second kappa shape index (κ2) is 6.39. The van der Waals surface area contributed by atoms with Crippen LogP contribution in [0.3, 0.4) is 0 Å². The maximum Gasteiger partial charge on any atom is 0.235 e. The first-order chi connectivity index (χ1) is 9.13. The lowest BCUT2D eigenvalue weighted by molar-refractivity contribution is 0.574. The van der Waals surface area contributed by atoms with Gasteiger partial charge in [0, 0.05) is 13.1 Å². The minimum Gasteiger partial charge on any atom is -0.313 e. The molecule has 4 nitrogen and oxygen atoms in total. The normalized spacial score (nSPS) is 18.5. The maximum atomic E-state index is 12.1. The Morgan fingerprint density at radius 1 is 1.32 bits per heavy atom. The number of sulfonamides is 1. The van der Waals surface area contributed by atoms with Gasteiger partial charge >= 0.3 is 0 Å². The van der Waals surface area contributed by atoms with Crippen LogP contribution in [0.1, 0.15) is 31.7 Å². The summed E-state index contributed by atoms with van der Waals surface area (Å²) in [6.07, 6.45) is 2.81. The van der Waals surface area contributed by atoms with Crippen molar-refractivity contribution in [3.63, 3.8) is 0 Å². The van der Waals surface area contributed by atoms with Crippen molar-refractivity contribution < 1.29 is 8.42 Å². The smallest absolute Gasteiger partial charge is 0.235 e. The summed E-state index contributed by atoms with van der Waals surface area (Å²) in [6.45, 7) is 4.50. The van der Waals surface area contributed by atoms with E-state index in [9.17, 15) is 8.42 Å². The van der Waals surface area contributed by atoms with Crippen molar-refractivity contribution in [3.05, 3.63) is 29.8 Å². The average Bonchev–Trinajstić information content (AvgIpc) is 2.39. The summed E-state index contributed by atoms with van der Waals surface area (Å²) < 4.78 is 25.7. The fourth-order valence-electron chi connectivity index (χ4n) is 2.31. The van der Waals surface area contributed by atoms with Crippen LogP contribution < -0.4 is 9.62 Å². The Kier molecular flexibility index (Phi) is 4.82. The molecule has 1 N–H and O–H groups in total. The molecule has 5 heteroatoms. The third-order valence-electron chi connectivity index (χ3n) is 3.30. The van der Waals surface area contributed by atoms with Crippen LogP contribution in [0.4, 0.5) is 5.69 Å². The van der Waals surface area contributed by atoms with Crippen molar-refractivity contribution in [2.45, 2.75) is 32.7 Å². The molecule has 0 aliphatic carbocycles. The molecule has 1 aromatic carbocycles. The van der Waals surface area contributed by atoms with Gasteiger partial charge in [0.2, 0.25) is 10.0 Å². The molecule has 0 unspecified atom stereocenters. The third-order valence-corrected chi connectivity index (χ3v) is 5.17. The number of hydrogen-bond donors (Lipinski definition) is 1. The second-order valence-electron chi connectivity index (χ2n) is 4.94. The van der Waals surface area contributed by atoms with Crippen molar-refractivity contribution in [2.24, 2.45) is 0 Å². The van der Waals surface area contributed by atoms with Crippen LogP contribution in [0, 0.1) is 0 Å². The zero-order valence-electron chi connectivity index (χ0n) is 11.4. The predicted octanol–water partition coefficient (Wildman–Crippen LogP) is 2.12. The van der Waals surface area contributed by atoms with E-state index < -0.39 is 10.0 Å². The average molecular weight is 282 g/mol. The molecule has 1 saturated heterocycles. The highest BCUT2D eigenvalue weighted by Gasteiger charge is 2.25. The highest BCUT2D eigenvalue weighted by Crippen LogP contribution is 2.24. The quantitative estimate of drug-likeness (QED) is 0.842. The molecule has 1 aliphatic rings. The molecule has 1 aliphatic heterocycles. The SMILES string of the molecule is CCCNCc1cccc(N2CCCCS2(=O)=O)c1. The molecular weight excluding hydrogens is 260 g/mol. The Morgan fingerprint density at radius 2 is 2.16 bits per heavy atom. The lowest BCUT2D eigenvalue weighted by Crippen LogP contribution is -2.37. The van der Waals surface area contributed by atoms with Gasteiger partial charge in [0.25, 0.3) is 0 Å². The van der Waals surface area contributed by atoms with E-state index in [1.807, 2.05) is 24.3 Å². The fraction of sp³-hybridized carbons (Fsp3) is 0.571. The number of nitrogens with one attached hydrogen (secondary N) is 1. The van der Waals surface area contributed by atoms with Crippen LogP contribution in [0.2, 0.25) is 0 Å². The first-order valence-corrected chi connectivity index (χ1v) is 8.54. The molecule has 1 aromatic rings. The first-order valence-electron chi connectivity index (χ1n) is 6.93. The summed E-state index contributed by atoms with van der Waals surface area (Å²) in [4.78, 5) is 0. The highest BCUT2D eigenvalue weighted by atomic mass is 32.2. The van der Waals surface area contributed by atoms with E-state index in [-0.39, 0.29) is 5.75 Å². The van der Waals surface area contributed by atoms with Crippen LogP contribution in [0.5, 0.6) is 0 Å². The van der Waals surface area contributed by atoms with Crippen molar-refractivity contribution in [3.8, 4) is 0 Å². The highest BCUT2D eigenvalue weighted by molar-refractivity contribution is 7.92. The minimum atomic E-state index is -3.11. The van der Waals surface area contributed by atoms with Crippen molar-refractivity contribution in [2.75, 3.05) is 23.1 Å². The minimum absolute atomic E-state index is 0.269. The molecule has 1 fully saturated rings. The summed E-state index contributed by atoms with van der Waals surface area (Å²) in [5.41, 5.74) is 1.93. The number of hydrogen-bond acceptors (Lipinski definition) is 3. The molecule has 0 amide bonds. The van der Waals surface area contributed by atoms with E-state index in [0.29, 0.717) is 6.54 Å². The Hall–Kier alpha value is -1.07. The standard InChI is InChI=1S/C14H22N2O2S/c1-2-8-15-12-13-6-5-7-14(11-13)16-9-3-4-10-19(16,17)18/h5-7,11,15H,2-4,8-10,12H2,1H3. The predicted molar refractivity (Wildman–Crippen MR) is 78.8 cm³/mol. The molecule has 0 saturated carbocycles. The van der Waals surface area contributed by atoms with Crippen LogP contribution in [0.15, 0.2) is 24.3 Å². The van der Waals surface area contributed by atoms with Gasteiger partial charge in [0.15, 0.2) is 0 Å². The molecule has 0 atom stereocenters. The van der Waals surface area contributed by atoms with Crippen molar-refractivity contribution >= 4 is 15.7 Å². The number of benzene rings is 1. The number of anilines is 1.